The van der Waals surface area contributed by atoms with Gasteiger partial charge in [-0.1, -0.05) is 34.8 Å². The Kier molecular flexibility index (Phi) is 7.77. The molecule has 0 saturated heterocycles. The zero-order chi connectivity index (χ0) is 18.7. The molecule has 0 fully saturated rings. The normalized spacial score (nSPS) is 15.2. The van der Waals surface area contributed by atoms with E-state index in [1.165, 1.54) is 0 Å². The van der Waals surface area contributed by atoms with Crippen LogP contribution in [0.2, 0.25) is 15.1 Å². The molecule has 27 heavy (non-hydrogen) atoms. The van der Waals surface area contributed by atoms with E-state index in [1.807, 2.05) is 6.20 Å². The van der Waals surface area contributed by atoms with E-state index in [1.54, 1.807) is 59.6 Å². The largest absolute Gasteiger partial charge is 1.00 e. The molecule has 0 aliphatic carbocycles. The van der Waals surface area contributed by atoms with Crippen LogP contribution < -0.4 is 21.9 Å². The van der Waals surface area contributed by atoms with Crippen molar-refractivity contribution in [2.45, 2.75) is 0 Å². The SMILES string of the molecule is O=C(C[N+]1=C[NH+](CC(=O)c2ccc(Cl)cc2)C=C1)c1ccc(Cl)c(Cl)c1.[Br-]. The molecule has 2 aromatic carbocycles. The van der Waals surface area contributed by atoms with E-state index in [0.29, 0.717) is 26.2 Å². The van der Waals surface area contributed by atoms with Crippen molar-refractivity contribution < 1.29 is 36.0 Å². The smallest absolute Gasteiger partial charge is 0.336 e. The number of halogens is 4. The molecule has 0 spiro atoms. The van der Waals surface area contributed by atoms with Crippen molar-refractivity contribution in [3.63, 3.8) is 0 Å². The molecule has 1 atom stereocenters. The minimum Gasteiger partial charge on any atom is -1.00 e. The Balaban J connectivity index is 0.00000261. The van der Waals surface area contributed by atoms with Gasteiger partial charge in [0.05, 0.1) is 10.0 Å². The number of benzene rings is 2. The van der Waals surface area contributed by atoms with Gasteiger partial charge in [-0.15, -0.1) is 4.58 Å². The molecule has 1 N–H and O–H groups in total. The number of carbonyl (C=O) groups is 2. The van der Waals surface area contributed by atoms with E-state index in [4.69, 9.17) is 34.8 Å². The van der Waals surface area contributed by atoms with Crippen molar-refractivity contribution in [1.82, 2.24) is 0 Å². The molecule has 1 aliphatic heterocycles. The van der Waals surface area contributed by atoms with E-state index < -0.39 is 0 Å². The third kappa shape index (κ3) is 5.74. The van der Waals surface area contributed by atoms with Gasteiger partial charge in [0.1, 0.15) is 0 Å². The van der Waals surface area contributed by atoms with Crippen molar-refractivity contribution in [1.29, 1.82) is 0 Å². The van der Waals surface area contributed by atoms with E-state index in [-0.39, 0.29) is 41.6 Å². The summed E-state index contributed by atoms with van der Waals surface area (Å²) >= 11 is 17.7. The Morgan fingerprint density at radius 2 is 1.56 bits per heavy atom. The lowest BCUT2D eigenvalue weighted by atomic mass is 10.1. The van der Waals surface area contributed by atoms with Crippen LogP contribution in [-0.4, -0.2) is 35.6 Å². The molecule has 2 aromatic rings. The summed E-state index contributed by atoms with van der Waals surface area (Å²) in [6, 6.07) is 11.6. The van der Waals surface area contributed by atoms with Crippen molar-refractivity contribution in [3.05, 3.63) is 81.1 Å². The predicted molar refractivity (Wildman–Crippen MR) is 103 cm³/mol. The molecule has 0 bridgehead atoms. The number of nitrogens with one attached hydrogen (secondary N) is 1. The minimum atomic E-state index is -0.0882. The lowest BCUT2D eigenvalue weighted by molar-refractivity contribution is -0.738. The Bertz CT molecular complexity index is 927. The fourth-order valence-electron chi connectivity index (χ4n) is 2.54. The molecular weight excluding hydrogens is 474 g/mol. The Morgan fingerprint density at radius 1 is 0.889 bits per heavy atom. The number of ketones is 2. The molecule has 0 saturated carbocycles. The van der Waals surface area contributed by atoms with Crippen LogP contribution in [0.5, 0.6) is 0 Å². The zero-order valence-corrected chi connectivity index (χ0v) is 17.8. The molecule has 1 heterocycles. The van der Waals surface area contributed by atoms with Crippen molar-refractivity contribution in [3.8, 4) is 0 Å². The highest BCUT2D eigenvalue weighted by molar-refractivity contribution is 6.42. The molecule has 1 aliphatic rings. The molecule has 4 nitrogen and oxygen atoms in total. The van der Waals surface area contributed by atoms with Gasteiger partial charge >= 0.3 is 6.34 Å². The van der Waals surface area contributed by atoms with E-state index >= 15 is 0 Å². The van der Waals surface area contributed by atoms with Gasteiger partial charge in [-0.25, -0.2) is 4.90 Å². The molecule has 0 amide bonds. The third-order valence-corrected chi connectivity index (χ3v) is 4.90. The summed E-state index contributed by atoms with van der Waals surface area (Å²) in [7, 11) is 0. The van der Waals surface area contributed by atoms with Gasteiger partial charge in [0.15, 0.2) is 12.7 Å². The van der Waals surface area contributed by atoms with Crippen LogP contribution in [0.3, 0.4) is 0 Å². The first-order valence-electron chi connectivity index (χ1n) is 7.84. The summed E-state index contributed by atoms with van der Waals surface area (Å²) in [5.41, 5.74) is 1.10. The standard InChI is InChI=1S/C19H14Cl3N2O2.BrH/c20-15-4-1-13(2-5-15)18(25)10-23-7-8-24(12-23)11-19(26)14-3-6-16(21)17(22)9-14;/h1-9,12H,10-11H2;1H/q+1;. The fourth-order valence-corrected chi connectivity index (χ4v) is 2.97. The number of nitrogens with zero attached hydrogens (tertiary/aromatic N) is 1. The second kappa shape index (κ2) is 9.62. The molecule has 0 aromatic heterocycles. The third-order valence-electron chi connectivity index (χ3n) is 3.91. The summed E-state index contributed by atoms with van der Waals surface area (Å²) in [5, 5.41) is 1.35. The van der Waals surface area contributed by atoms with Gasteiger partial charge in [-0.05, 0) is 42.5 Å². The van der Waals surface area contributed by atoms with E-state index in [0.717, 1.165) is 4.90 Å². The molecule has 140 valence electrons. The Hall–Kier alpha value is -1.50. The average molecular weight is 490 g/mol. The van der Waals surface area contributed by atoms with Crippen molar-refractivity contribution in [2.24, 2.45) is 0 Å². The van der Waals surface area contributed by atoms with Gasteiger partial charge in [0.2, 0.25) is 24.3 Å². The average Bonchev–Trinajstić information content (AvgIpc) is 3.04. The van der Waals surface area contributed by atoms with Gasteiger partial charge < -0.3 is 17.0 Å². The highest BCUT2D eigenvalue weighted by Gasteiger charge is 2.24. The number of quaternary nitrogens is 1. The highest BCUT2D eigenvalue weighted by Crippen LogP contribution is 2.22. The van der Waals surface area contributed by atoms with E-state index in [2.05, 4.69) is 0 Å². The number of hydrogen-bond donors (Lipinski definition) is 1. The first kappa shape index (κ1) is 21.8. The van der Waals surface area contributed by atoms with E-state index in [9.17, 15) is 9.59 Å². The molecule has 8 heteroatoms. The predicted octanol–water partition coefficient (Wildman–Crippen LogP) is 0.127. The number of hydrogen-bond acceptors (Lipinski definition) is 2. The van der Waals surface area contributed by atoms with Crippen LogP contribution in [0.15, 0.2) is 54.9 Å². The minimum absolute atomic E-state index is 0. The number of rotatable bonds is 6. The Morgan fingerprint density at radius 3 is 2.22 bits per heavy atom. The van der Waals surface area contributed by atoms with Crippen molar-refractivity contribution in [2.75, 3.05) is 13.1 Å². The molecule has 3 rings (SSSR count). The summed E-state index contributed by atoms with van der Waals surface area (Å²) in [6.07, 6.45) is 5.40. The van der Waals surface area contributed by atoms with Gasteiger partial charge in [0.25, 0.3) is 0 Å². The van der Waals surface area contributed by atoms with Gasteiger partial charge in [-0.3, -0.25) is 9.59 Å². The van der Waals surface area contributed by atoms with Crippen LogP contribution in [-0.2, 0) is 0 Å². The number of Topliss-reactive ketones (excluding diaryl/α,β-unsaturated/α-hetero) is 2. The molecule has 1 unspecified atom stereocenters. The summed E-state index contributed by atoms with van der Waals surface area (Å²) < 4.78 is 1.75. The van der Waals surface area contributed by atoms with Gasteiger partial charge in [0, 0.05) is 16.1 Å². The number of carbonyl (C=O) groups excluding carboxylic acids is 2. The maximum absolute atomic E-state index is 12.4. The van der Waals surface area contributed by atoms with Crippen LogP contribution in [0.1, 0.15) is 20.7 Å². The summed E-state index contributed by atoms with van der Waals surface area (Å²) in [5.74, 6) is -0.0926. The fraction of sp³-hybridized carbons (Fsp3) is 0.105. The quantitative estimate of drug-likeness (QED) is 0.463. The van der Waals surface area contributed by atoms with Crippen LogP contribution in [0, 0.1) is 0 Å². The first-order valence-corrected chi connectivity index (χ1v) is 8.97. The maximum Gasteiger partial charge on any atom is 0.336 e. The second-order valence-corrected chi connectivity index (χ2v) is 7.10. The summed E-state index contributed by atoms with van der Waals surface area (Å²) in [4.78, 5) is 25.5. The van der Waals surface area contributed by atoms with Crippen LogP contribution >= 0.6 is 34.8 Å². The van der Waals surface area contributed by atoms with Crippen LogP contribution in [0.25, 0.3) is 0 Å². The lowest BCUT2D eigenvalue weighted by Gasteiger charge is -2.03. The zero-order valence-electron chi connectivity index (χ0n) is 14.0. The van der Waals surface area contributed by atoms with Crippen molar-refractivity contribution >= 4 is 52.7 Å². The van der Waals surface area contributed by atoms with Gasteiger partial charge in [-0.2, -0.15) is 0 Å². The monoisotopic (exact) mass is 487 g/mol. The first-order chi connectivity index (χ1) is 12.4. The molecular formula is C19H15BrCl3N2O2+. The maximum atomic E-state index is 12.4. The molecule has 0 radical (unpaired) electrons. The highest BCUT2D eigenvalue weighted by atomic mass is 79.9. The van der Waals surface area contributed by atoms with Crippen LogP contribution in [0.4, 0.5) is 0 Å². The second-order valence-electron chi connectivity index (χ2n) is 5.85. The summed E-state index contributed by atoms with van der Waals surface area (Å²) in [6.45, 7) is 0.419. The topological polar surface area (TPSA) is 41.6 Å². The lowest BCUT2D eigenvalue weighted by Crippen LogP contribution is -3.07. The Labute approximate surface area is 182 Å².